The number of likely N-dealkylation sites (tertiary alicyclic amines) is 1. The molecule has 1 aliphatic rings. The van der Waals surface area contributed by atoms with Gasteiger partial charge in [0.2, 0.25) is 0 Å². The molecule has 1 N–H and O–H groups in total. The number of Topliss-reactive ketones (excluding diaryl/α,β-unsaturated/α-hetero) is 1. The third-order valence-corrected chi connectivity index (χ3v) is 5.05. The van der Waals surface area contributed by atoms with Crippen LogP contribution in [0.25, 0.3) is 5.76 Å². The minimum atomic E-state index is -0.698. The second kappa shape index (κ2) is 7.52. The zero-order valence-corrected chi connectivity index (χ0v) is 15.6. The van der Waals surface area contributed by atoms with Gasteiger partial charge in [0.1, 0.15) is 5.76 Å². The van der Waals surface area contributed by atoms with Gasteiger partial charge in [-0.1, -0.05) is 60.5 Å². The first-order valence-electron chi connectivity index (χ1n) is 8.24. The van der Waals surface area contributed by atoms with Gasteiger partial charge in [-0.2, -0.15) is 0 Å². The maximum Gasteiger partial charge on any atom is 0.295 e. The summed E-state index contributed by atoms with van der Waals surface area (Å²) in [6.45, 7) is 2.35. The number of benzene rings is 2. The van der Waals surface area contributed by atoms with Crippen LogP contribution in [-0.2, 0) is 9.59 Å². The normalized spacial score (nSPS) is 19.2. The Kier molecular flexibility index (Phi) is 5.35. The predicted molar refractivity (Wildman–Crippen MR) is 102 cm³/mol. The number of halogens is 2. The molecule has 1 aliphatic heterocycles. The molecule has 134 valence electrons. The van der Waals surface area contributed by atoms with Gasteiger partial charge in [-0.25, -0.2) is 0 Å². The van der Waals surface area contributed by atoms with Crippen LogP contribution in [-0.4, -0.2) is 28.2 Å². The molecule has 1 atom stereocenters. The lowest BCUT2D eigenvalue weighted by Gasteiger charge is -2.24. The van der Waals surface area contributed by atoms with Gasteiger partial charge < -0.3 is 10.0 Å². The van der Waals surface area contributed by atoms with Crippen LogP contribution in [0.1, 0.15) is 30.5 Å². The van der Waals surface area contributed by atoms with E-state index in [-0.39, 0.29) is 16.4 Å². The molecule has 2 aromatic rings. The lowest BCUT2D eigenvalue weighted by atomic mass is 9.95. The van der Waals surface area contributed by atoms with E-state index < -0.39 is 17.7 Å². The Balaban J connectivity index is 2.19. The van der Waals surface area contributed by atoms with E-state index in [1.54, 1.807) is 12.1 Å². The lowest BCUT2D eigenvalue weighted by Crippen LogP contribution is -2.30. The molecule has 4 nitrogen and oxygen atoms in total. The van der Waals surface area contributed by atoms with E-state index in [9.17, 15) is 14.7 Å². The van der Waals surface area contributed by atoms with Crippen molar-refractivity contribution in [1.29, 1.82) is 0 Å². The standard InChI is InChI=1S/C20H17Cl2NO3/c1-2-10-23-17(12-6-4-3-5-7-12)16(19(25)20(23)26)18(24)13-8-9-14(21)15(22)11-13/h3-9,11,17,24H,2,10H2,1H3/b18-16-. The molecule has 1 saturated heterocycles. The summed E-state index contributed by atoms with van der Waals surface area (Å²) >= 11 is 12.0. The molecular weight excluding hydrogens is 373 g/mol. The fourth-order valence-corrected chi connectivity index (χ4v) is 3.43. The molecule has 0 spiro atoms. The molecule has 6 heteroatoms. The van der Waals surface area contributed by atoms with Gasteiger partial charge >= 0.3 is 0 Å². The number of carbonyl (C=O) groups is 2. The first-order chi connectivity index (χ1) is 12.5. The van der Waals surface area contributed by atoms with Crippen molar-refractivity contribution >= 4 is 40.7 Å². The number of hydrogen-bond donors (Lipinski definition) is 1. The number of ketones is 1. The number of hydrogen-bond acceptors (Lipinski definition) is 3. The molecule has 1 heterocycles. The van der Waals surface area contributed by atoms with Gasteiger partial charge in [0.05, 0.1) is 21.7 Å². The maximum absolute atomic E-state index is 12.7. The Hall–Kier alpha value is -2.30. The molecule has 26 heavy (non-hydrogen) atoms. The van der Waals surface area contributed by atoms with Crippen LogP contribution < -0.4 is 0 Å². The Morgan fingerprint density at radius 1 is 1.08 bits per heavy atom. The van der Waals surface area contributed by atoms with Crippen molar-refractivity contribution in [3.8, 4) is 0 Å². The van der Waals surface area contributed by atoms with Gasteiger partial charge in [0.25, 0.3) is 11.7 Å². The van der Waals surface area contributed by atoms with E-state index in [2.05, 4.69) is 0 Å². The highest BCUT2D eigenvalue weighted by atomic mass is 35.5. The monoisotopic (exact) mass is 389 g/mol. The molecular formula is C20H17Cl2NO3. The first-order valence-corrected chi connectivity index (χ1v) is 9.00. The number of aliphatic hydroxyl groups is 1. The minimum Gasteiger partial charge on any atom is -0.507 e. The third kappa shape index (κ3) is 3.22. The highest BCUT2D eigenvalue weighted by molar-refractivity contribution is 6.46. The van der Waals surface area contributed by atoms with Gasteiger partial charge in [0, 0.05) is 12.1 Å². The van der Waals surface area contributed by atoms with Gasteiger partial charge in [0.15, 0.2) is 0 Å². The van der Waals surface area contributed by atoms with E-state index in [0.717, 1.165) is 5.56 Å². The van der Waals surface area contributed by atoms with Crippen molar-refractivity contribution < 1.29 is 14.7 Å². The summed E-state index contributed by atoms with van der Waals surface area (Å²) in [6.07, 6.45) is 0.698. The van der Waals surface area contributed by atoms with Crippen molar-refractivity contribution in [2.45, 2.75) is 19.4 Å². The molecule has 0 saturated carbocycles. The van der Waals surface area contributed by atoms with E-state index in [1.165, 1.54) is 11.0 Å². The van der Waals surface area contributed by atoms with Crippen LogP contribution in [0.2, 0.25) is 10.0 Å². The number of aliphatic hydroxyl groups excluding tert-OH is 1. The van der Waals surface area contributed by atoms with Crippen LogP contribution >= 0.6 is 23.2 Å². The Labute approximate surface area is 161 Å². The summed E-state index contributed by atoms with van der Waals surface area (Å²) < 4.78 is 0. The average Bonchev–Trinajstić information content (AvgIpc) is 2.89. The lowest BCUT2D eigenvalue weighted by molar-refractivity contribution is -0.139. The minimum absolute atomic E-state index is 0.0630. The fourth-order valence-electron chi connectivity index (χ4n) is 3.13. The van der Waals surface area contributed by atoms with Crippen LogP contribution in [0.3, 0.4) is 0 Å². The second-order valence-corrected chi connectivity index (χ2v) is 6.85. The van der Waals surface area contributed by atoms with E-state index in [1.807, 2.05) is 37.3 Å². The summed E-state index contributed by atoms with van der Waals surface area (Å²) in [5, 5.41) is 11.4. The number of rotatable bonds is 4. The van der Waals surface area contributed by atoms with Crippen molar-refractivity contribution in [2.75, 3.05) is 6.54 Å². The van der Waals surface area contributed by atoms with Crippen molar-refractivity contribution in [1.82, 2.24) is 4.90 Å². The summed E-state index contributed by atoms with van der Waals surface area (Å²) in [6, 6.07) is 13.1. The first kappa shape index (κ1) is 18.5. The zero-order valence-electron chi connectivity index (χ0n) is 14.1. The number of nitrogens with zero attached hydrogens (tertiary/aromatic N) is 1. The topological polar surface area (TPSA) is 57.6 Å². The van der Waals surface area contributed by atoms with Gasteiger partial charge in [-0.15, -0.1) is 0 Å². The second-order valence-electron chi connectivity index (χ2n) is 6.03. The SMILES string of the molecule is CCCN1C(=O)C(=O)/C(=C(\O)c2ccc(Cl)c(Cl)c2)C1c1ccccc1. The molecule has 0 aromatic heterocycles. The summed E-state index contributed by atoms with van der Waals surface area (Å²) in [5.74, 6) is -1.56. The summed E-state index contributed by atoms with van der Waals surface area (Å²) in [5.41, 5.74) is 1.17. The zero-order chi connectivity index (χ0) is 18.8. The van der Waals surface area contributed by atoms with Crippen LogP contribution in [0.15, 0.2) is 54.1 Å². The molecule has 3 rings (SSSR count). The van der Waals surface area contributed by atoms with Crippen LogP contribution in [0.5, 0.6) is 0 Å². The summed E-state index contributed by atoms with van der Waals surface area (Å²) in [7, 11) is 0. The predicted octanol–water partition coefficient (Wildman–Crippen LogP) is 4.83. The third-order valence-electron chi connectivity index (χ3n) is 4.31. The Morgan fingerprint density at radius 2 is 1.77 bits per heavy atom. The highest BCUT2D eigenvalue weighted by Crippen LogP contribution is 2.39. The molecule has 0 radical (unpaired) electrons. The van der Waals surface area contributed by atoms with E-state index in [4.69, 9.17) is 23.2 Å². The highest BCUT2D eigenvalue weighted by Gasteiger charge is 2.45. The molecule has 0 aliphatic carbocycles. The number of carbonyl (C=O) groups excluding carboxylic acids is 2. The Morgan fingerprint density at radius 3 is 2.38 bits per heavy atom. The van der Waals surface area contributed by atoms with Crippen LogP contribution in [0.4, 0.5) is 0 Å². The number of amides is 1. The van der Waals surface area contributed by atoms with Crippen molar-refractivity contribution in [3.05, 3.63) is 75.3 Å². The van der Waals surface area contributed by atoms with Crippen molar-refractivity contribution in [3.63, 3.8) is 0 Å². The molecule has 2 aromatic carbocycles. The molecule has 1 unspecified atom stereocenters. The Bertz CT molecular complexity index is 893. The van der Waals surface area contributed by atoms with E-state index in [0.29, 0.717) is 23.6 Å². The smallest absolute Gasteiger partial charge is 0.295 e. The van der Waals surface area contributed by atoms with Crippen LogP contribution in [0, 0.1) is 0 Å². The fraction of sp³-hybridized carbons (Fsp3) is 0.200. The van der Waals surface area contributed by atoms with Gasteiger partial charge in [-0.05, 0) is 30.2 Å². The van der Waals surface area contributed by atoms with Gasteiger partial charge in [-0.3, -0.25) is 9.59 Å². The summed E-state index contributed by atoms with van der Waals surface area (Å²) in [4.78, 5) is 26.7. The largest absolute Gasteiger partial charge is 0.507 e. The quantitative estimate of drug-likeness (QED) is 0.462. The van der Waals surface area contributed by atoms with E-state index >= 15 is 0 Å². The molecule has 1 fully saturated rings. The maximum atomic E-state index is 12.7. The van der Waals surface area contributed by atoms with Crippen molar-refractivity contribution in [2.24, 2.45) is 0 Å². The average molecular weight is 390 g/mol. The molecule has 1 amide bonds. The molecule has 0 bridgehead atoms.